The number of aromatic nitrogens is 4. The van der Waals surface area contributed by atoms with Gasteiger partial charge in [-0.2, -0.15) is 0 Å². The zero-order chi connectivity index (χ0) is 17.8. The minimum Gasteiger partial charge on any atom is -0.378 e. The molecule has 2 saturated heterocycles. The Labute approximate surface area is 153 Å². The quantitative estimate of drug-likeness (QED) is 0.804. The monoisotopic (exact) mass is 355 g/mol. The lowest BCUT2D eigenvalue weighted by Crippen LogP contribution is -2.47. The Hall–Kier alpha value is -2.48. The van der Waals surface area contributed by atoms with Crippen LogP contribution >= 0.6 is 0 Å². The van der Waals surface area contributed by atoms with Gasteiger partial charge in [-0.3, -0.25) is 0 Å². The third-order valence-electron chi connectivity index (χ3n) is 4.96. The van der Waals surface area contributed by atoms with Crippen molar-refractivity contribution < 1.29 is 4.74 Å². The fourth-order valence-electron chi connectivity index (χ4n) is 3.28. The summed E-state index contributed by atoms with van der Waals surface area (Å²) in [6.45, 7) is 8.95. The first-order valence-corrected chi connectivity index (χ1v) is 9.31. The number of nitrogens with zero attached hydrogens (tertiary/aromatic N) is 7. The minimum atomic E-state index is 0.757. The summed E-state index contributed by atoms with van der Waals surface area (Å²) in [5.74, 6) is 2.68. The van der Waals surface area contributed by atoms with Crippen LogP contribution in [0.5, 0.6) is 0 Å². The molecule has 0 spiro atoms. The number of morpholine rings is 1. The highest BCUT2D eigenvalue weighted by molar-refractivity contribution is 5.47. The van der Waals surface area contributed by atoms with Crippen molar-refractivity contribution in [1.29, 1.82) is 0 Å². The lowest BCUT2D eigenvalue weighted by molar-refractivity contribution is 0.122. The molecule has 2 aromatic heterocycles. The summed E-state index contributed by atoms with van der Waals surface area (Å²) in [6, 6.07) is 4.13. The van der Waals surface area contributed by atoms with Crippen molar-refractivity contribution in [3.8, 4) is 0 Å². The number of piperazine rings is 1. The highest BCUT2D eigenvalue weighted by atomic mass is 16.5. The summed E-state index contributed by atoms with van der Waals surface area (Å²) in [7, 11) is 0. The maximum Gasteiger partial charge on any atom is 0.225 e. The Bertz CT molecular complexity index is 692. The molecule has 0 radical (unpaired) electrons. The molecule has 0 amide bonds. The smallest absolute Gasteiger partial charge is 0.225 e. The summed E-state index contributed by atoms with van der Waals surface area (Å²) in [4.78, 5) is 15.7. The lowest BCUT2D eigenvalue weighted by atomic mass is 10.3. The van der Waals surface area contributed by atoms with Crippen LogP contribution in [0.25, 0.3) is 0 Å². The van der Waals surface area contributed by atoms with Gasteiger partial charge < -0.3 is 19.4 Å². The summed E-state index contributed by atoms with van der Waals surface area (Å²) in [5.41, 5.74) is 1.17. The van der Waals surface area contributed by atoms with E-state index in [9.17, 15) is 0 Å². The molecule has 0 saturated carbocycles. The van der Waals surface area contributed by atoms with Crippen LogP contribution in [0.1, 0.15) is 12.5 Å². The molecule has 0 bridgehead atoms. The van der Waals surface area contributed by atoms with Crippen molar-refractivity contribution in [2.45, 2.75) is 13.3 Å². The molecule has 0 aromatic carbocycles. The van der Waals surface area contributed by atoms with Gasteiger partial charge in [-0.15, -0.1) is 10.2 Å². The molecule has 4 rings (SSSR count). The minimum absolute atomic E-state index is 0.757. The second-order valence-corrected chi connectivity index (χ2v) is 6.57. The molecule has 138 valence electrons. The third kappa shape index (κ3) is 3.70. The van der Waals surface area contributed by atoms with Crippen molar-refractivity contribution in [2.75, 3.05) is 67.2 Å². The van der Waals surface area contributed by atoms with Crippen molar-refractivity contribution in [3.63, 3.8) is 0 Å². The number of hydrogen-bond donors (Lipinski definition) is 0. The van der Waals surface area contributed by atoms with Gasteiger partial charge in [0.05, 0.1) is 13.2 Å². The first-order valence-electron chi connectivity index (χ1n) is 9.31. The van der Waals surface area contributed by atoms with E-state index in [4.69, 9.17) is 4.74 Å². The van der Waals surface area contributed by atoms with Crippen LogP contribution in [0.3, 0.4) is 0 Å². The third-order valence-corrected chi connectivity index (χ3v) is 4.96. The zero-order valence-electron chi connectivity index (χ0n) is 15.2. The second-order valence-electron chi connectivity index (χ2n) is 6.57. The zero-order valence-corrected chi connectivity index (χ0v) is 15.2. The topological polar surface area (TPSA) is 70.5 Å². The first kappa shape index (κ1) is 17.0. The summed E-state index contributed by atoms with van der Waals surface area (Å²) < 4.78 is 5.39. The molecule has 2 fully saturated rings. The molecule has 8 nitrogen and oxygen atoms in total. The van der Waals surface area contributed by atoms with Crippen molar-refractivity contribution in [1.82, 2.24) is 20.2 Å². The Balaban J connectivity index is 1.35. The van der Waals surface area contributed by atoms with E-state index < -0.39 is 0 Å². The van der Waals surface area contributed by atoms with Crippen LogP contribution in [-0.4, -0.2) is 72.6 Å². The van der Waals surface area contributed by atoms with Gasteiger partial charge in [-0.1, -0.05) is 6.92 Å². The molecular weight excluding hydrogens is 330 g/mol. The molecule has 0 atom stereocenters. The Kier molecular flexibility index (Phi) is 5.10. The van der Waals surface area contributed by atoms with Crippen molar-refractivity contribution >= 4 is 17.6 Å². The van der Waals surface area contributed by atoms with Crippen molar-refractivity contribution in [2.24, 2.45) is 0 Å². The largest absolute Gasteiger partial charge is 0.378 e. The van der Waals surface area contributed by atoms with Crippen molar-refractivity contribution in [3.05, 3.63) is 30.1 Å². The predicted molar refractivity (Wildman–Crippen MR) is 101 cm³/mol. The molecule has 2 aliphatic heterocycles. The molecule has 0 aliphatic carbocycles. The average Bonchev–Trinajstić information content (AvgIpc) is 2.75. The van der Waals surface area contributed by atoms with Crippen LogP contribution in [0.4, 0.5) is 17.6 Å². The highest BCUT2D eigenvalue weighted by Crippen LogP contribution is 2.18. The van der Waals surface area contributed by atoms with Crippen LogP contribution in [-0.2, 0) is 11.2 Å². The Morgan fingerprint density at radius 2 is 1.35 bits per heavy atom. The molecular formula is C18H25N7O. The van der Waals surface area contributed by atoms with Gasteiger partial charge in [0.2, 0.25) is 5.95 Å². The van der Waals surface area contributed by atoms with E-state index in [1.807, 2.05) is 12.4 Å². The van der Waals surface area contributed by atoms with E-state index in [0.717, 1.165) is 76.5 Å². The molecule has 26 heavy (non-hydrogen) atoms. The highest BCUT2D eigenvalue weighted by Gasteiger charge is 2.21. The predicted octanol–water partition coefficient (Wildman–Crippen LogP) is 0.992. The van der Waals surface area contributed by atoms with E-state index >= 15 is 0 Å². The SMILES string of the molecule is CCc1cnc(N2CCN(c3ccc(N4CCOCC4)nn3)CC2)nc1. The van der Waals surface area contributed by atoms with Gasteiger partial charge in [0.15, 0.2) is 11.6 Å². The lowest BCUT2D eigenvalue weighted by Gasteiger charge is -2.35. The standard InChI is InChI=1S/C18H25N7O/c1-2-15-13-19-18(20-14-15)25-7-5-23(6-8-25)16-3-4-17(22-21-16)24-9-11-26-12-10-24/h3-4,13-14H,2,5-12H2,1H3. The van der Waals surface area contributed by atoms with Gasteiger partial charge in [0.25, 0.3) is 0 Å². The maximum absolute atomic E-state index is 5.39. The second kappa shape index (κ2) is 7.82. The molecule has 2 aliphatic rings. The number of aryl methyl sites for hydroxylation is 1. The van der Waals surface area contributed by atoms with Crippen LogP contribution in [0, 0.1) is 0 Å². The molecule has 0 unspecified atom stereocenters. The Morgan fingerprint density at radius 1 is 0.808 bits per heavy atom. The number of anilines is 3. The normalized spacial score (nSPS) is 18.3. The molecule has 8 heteroatoms. The van der Waals surface area contributed by atoms with Gasteiger partial charge in [0, 0.05) is 51.7 Å². The fraction of sp³-hybridized carbons (Fsp3) is 0.556. The number of rotatable bonds is 4. The van der Waals surface area contributed by atoms with Gasteiger partial charge in [0.1, 0.15) is 0 Å². The van der Waals surface area contributed by atoms with E-state index in [2.05, 4.69) is 53.9 Å². The van der Waals surface area contributed by atoms with E-state index in [0.29, 0.717) is 0 Å². The number of ether oxygens (including phenoxy) is 1. The van der Waals surface area contributed by atoms with E-state index in [1.54, 1.807) is 0 Å². The summed E-state index contributed by atoms with van der Waals surface area (Å²) in [6.07, 6.45) is 4.81. The summed E-state index contributed by atoms with van der Waals surface area (Å²) >= 11 is 0. The average molecular weight is 355 g/mol. The van der Waals surface area contributed by atoms with Crippen LogP contribution in [0.2, 0.25) is 0 Å². The molecule has 4 heterocycles. The molecule has 2 aromatic rings. The van der Waals surface area contributed by atoms with Gasteiger partial charge >= 0.3 is 0 Å². The Morgan fingerprint density at radius 3 is 1.88 bits per heavy atom. The number of hydrogen-bond acceptors (Lipinski definition) is 8. The van der Waals surface area contributed by atoms with E-state index in [1.165, 1.54) is 5.56 Å². The fourth-order valence-corrected chi connectivity index (χ4v) is 3.28. The van der Waals surface area contributed by atoms with Gasteiger partial charge in [-0.25, -0.2) is 9.97 Å². The van der Waals surface area contributed by atoms with E-state index in [-0.39, 0.29) is 0 Å². The maximum atomic E-state index is 5.39. The first-order chi connectivity index (χ1) is 12.8. The van der Waals surface area contributed by atoms with Gasteiger partial charge in [-0.05, 0) is 24.1 Å². The summed E-state index contributed by atoms with van der Waals surface area (Å²) in [5, 5.41) is 8.86. The molecule has 0 N–H and O–H groups in total. The van der Waals surface area contributed by atoms with Crippen LogP contribution < -0.4 is 14.7 Å². The van der Waals surface area contributed by atoms with Crippen LogP contribution in [0.15, 0.2) is 24.5 Å².